The van der Waals surface area contributed by atoms with Crippen molar-refractivity contribution in [2.45, 2.75) is 31.2 Å². The summed E-state index contributed by atoms with van der Waals surface area (Å²) >= 11 is 11.8. The number of hydrogen-bond donors (Lipinski definition) is 1. The normalized spacial score (nSPS) is 18.0. The molecule has 1 fully saturated rings. The van der Waals surface area contributed by atoms with Gasteiger partial charge in [0.1, 0.15) is 0 Å². The first-order chi connectivity index (χ1) is 11.3. The summed E-state index contributed by atoms with van der Waals surface area (Å²) < 4.78 is 33.1. The van der Waals surface area contributed by atoms with Crippen LogP contribution in [0.25, 0.3) is 0 Å². The van der Waals surface area contributed by atoms with Crippen LogP contribution >= 0.6 is 23.2 Å². The zero-order chi connectivity index (χ0) is 17.7. The van der Waals surface area contributed by atoms with Crippen molar-refractivity contribution in [3.63, 3.8) is 0 Å². The fourth-order valence-corrected chi connectivity index (χ4v) is 4.24. The highest BCUT2D eigenvalue weighted by Gasteiger charge is 2.24. The van der Waals surface area contributed by atoms with Gasteiger partial charge in [0.2, 0.25) is 10.0 Å². The molecule has 1 aliphatic rings. The van der Waals surface area contributed by atoms with Gasteiger partial charge in [-0.3, -0.25) is 4.90 Å². The first kappa shape index (κ1) is 19.9. The van der Waals surface area contributed by atoms with E-state index in [1.54, 1.807) is 0 Å². The van der Waals surface area contributed by atoms with Crippen LogP contribution in [-0.2, 0) is 14.8 Å². The van der Waals surface area contributed by atoms with Gasteiger partial charge in [-0.05, 0) is 30.5 Å². The van der Waals surface area contributed by atoms with Gasteiger partial charge in [0.05, 0.1) is 28.2 Å². The van der Waals surface area contributed by atoms with E-state index in [0.717, 1.165) is 19.5 Å². The lowest BCUT2D eigenvalue weighted by Crippen LogP contribution is -2.49. The number of sulfonamides is 1. The molecule has 1 aliphatic heterocycles. The number of benzene rings is 1. The highest BCUT2D eigenvalue weighted by Crippen LogP contribution is 2.25. The van der Waals surface area contributed by atoms with Gasteiger partial charge in [0.15, 0.2) is 0 Å². The Labute approximate surface area is 154 Å². The molecule has 136 valence electrons. The zero-order valence-corrected chi connectivity index (χ0v) is 16.3. The average molecular weight is 395 g/mol. The molecule has 0 amide bonds. The third-order valence-corrected chi connectivity index (χ3v) is 6.18. The molecule has 1 heterocycles. The number of nitrogens with zero attached hydrogens (tertiary/aromatic N) is 1. The maximum Gasteiger partial charge on any atom is 0.240 e. The Morgan fingerprint density at radius 2 is 1.88 bits per heavy atom. The number of morpholine rings is 1. The Kier molecular flexibility index (Phi) is 7.34. The number of nitrogens with one attached hydrogen (secondary N) is 1. The van der Waals surface area contributed by atoms with Crippen LogP contribution in [0.4, 0.5) is 0 Å². The van der Waals surface area contributed by atoms with Crippen LogP contribution in [0.5, 0.6) is 0 Å². The van der Waals surface area contributed by atoms with Crippen LogP contribution < -0.4 is 4.72 Å². The minimum Gasteiger partial charge on any atom is -0.379 e. The predicted molar refractivity (Wildman–Crippen MR) is 97.3 cm³/mol. The van der Waals surface area contributed by atoms with Crippen molar-refractivity contribution in [1.82, 2.24) is 9.62 Å². The zero-order valence-electron chi connectivity index (χ0n) is 14.0. The number of halogens is 2. The molecule has 8 heteroatoms. The van der Waals surface area contributed by atoms with Crippen molar-refractivity contribution in [1.29, 1.82) is 0 Å². The molecule has 1 unspecified atom stereocenters. The van der Waals surface area contributed by atoms with E-state index in [9.17, 15) is 8.42 Å². The van der Waals surface area contributed by atoms with Gasteiger partial charge in [-0.15, -0.1) is 0 Å². The summed E-state index contributed by atoms with van der Waals surface area (Å²) in [6, 6.07) is 4.47. The van der Waals surface area contributed by atoms with E-state index in [1.807, 2.05) is 0 Å². The van der Waals surface area contributed by atoms with Gasteiger partial charge < -0.3 is 4.74 Å². The predicted octanol–water partition coefficient (Wildman–Crippen LogP) is 3.02. The second-order valence-corrected chi connectivity index (χ2v) is 8.94. The van der Waals surface area contributed by atoms with E-state index in [2.05, 4.69) is 23.5 Å². The second kappa shape index (κ2) is 8.83. The minimum absolute atomic E-state index is 0.127. The highest BCUT2D eigenvalue weighted by atomic mass is 35.5. The van der Waals surface area contributed by atoms with Crippen molar-refractivity contribution < 1.29 is 13.2 Å². The largest absolute Gasteiger partial charge is 0.379 e. The van der Waals surface area contributed by atoms with Crippen LogP contribution in [-0.4, -0.2) is 52.2 Å². The van der Waals surface area contributed by atoms with Gasteiger partial charge in [-0.25, -0.2) is 13.1 Å². The third-order valence-electron chi connectivity index (χ3n) is 4.02. The highest BCUT2D eigenvalue weighted by molar-refractivity contribution is 7.89. The first-order valence-corrected chi connectivity index (χ1v) is 10.3. The smallest absolute Gasteiger partial charge is 0.240 e. The molecular weight excluding hydrogens is 371 g/mol. The van der Waals surface area contributed by atoms with Gasteiger partial charge in [0.25, 0.3) is 0 Å². The fourth-order valence-electron chi connectivity index (χ4n) is 2.78. The van der Waals surface area contributed by atoms with Crippen LogP contribution in [0.15, 0.2) is 23.1 Å². The molecule has 0 saturated carbocycles. The van der Waals surface area contributed by atoms with Crippen LogP contribution in [0.3, 0.4) is 0 Å². The molecule has 0 spiro atoms. The maximum absolute atomic E-state index is 12.5. The lowest BCUT2D eigenvalue weighted by molar-refractivity contribution is 0.0134. The monoisotopic (exact) mass is 394 g/mol. The maximum atomic E-state index is 12.5. The minimum atomic E-state index is -3.62. The topological polar surface area (TPSA) is 58.6 Å². The molecular formula is C16H24Cl2N2O3S. The molecule has 1 N–H and O–H groups in total. The molecule has 1 saturated heterocycles. The molecule has 1 aromatic carbocycles. The van der Waals surface area contributed by atoms with E-state index >= 15 is 0 Å². The Bertz CT molecular complexity index is 647. The third kappa shape index (κ3) is 5.58. The summed E-state index contributed by atoms with van der Waals surface area (Å²) in [7, 11) is -3.62. The van der Waals surface area contributed by atoms with Gasteiger partial charge in [0, 0.05) is 25.7 Å². The van der Waals surface area contributed by atoms with Crippen molar-refractivity contribution in [3.05, 3.63) is 28.2 Å². The van der Waals surface area contributed by atoms with Gasteiger partial charge in [-0.2, -0.15) is 0 Å². The summed E-state index contributed by atoms with van der Waals surface area (Å²) in [6.45, 7) is 7.67. The van der Waals surface area contributed by atoms with E-state index < -0.39 is 10.0 Å². The second-order valence-electron chi connectivity index (χ2n) is 6.36. The summed E-state index contributed by atoms with van der Waals surface area (Å²) in [6.07, 6.45) is 0.921. The molecule has 0 bridgehead atoms. The average Bonchev–Trinajstić information content (AvgIpc) is 2.54. The van der Waals surface area contributed by atoms with Crippen molar-refractivity contribution in [2.24, 2.45) is 5.92 Å². The van der Waals surface area contributed by atoms with Gasteiger partial charge in [-0.1, -0.05) is 37.0 Å². The van der Waals surface area contributed by atoms with Crippen molar-refractivity contribution >= 4 is 33.2 Å². The molecule has 0 aromatic heterocycles. The molecule has 2 rings (SSSR count). The molecule has 5 nitrogen and oxygen atoms in total. The quantitative estimate of drug-likeness (QED) is 0.771. The van der Waals surface area contributed by atoms with Crippen molar-refractivity contribution in [3.8, 4) is 0 Å². The molecule has 1 atom stereocenters. The van der Waals surface area contributed by atoms with Gasteiger partial charge >= 0.3 is 0 Å². The first-order valence-electron chi connectivity index (χ1n) is 8.06. The number of hydrogen-bond acceptors (Lipinski definition) is 4. The molecule has 24 heavy (non-hydrogen) atoms. The Hall–Kier alpha value is -0.370. The lowest BCUT2D eigenvalue weighted by atomic mass is 10.0. The van der Waals surface area contributed by atoms with Crippen LogP contribution in [0.1, 0.15) is 20.3 Å². The Morgan fingerprint density at radius 1 is 1.21 bits per heavy atom. The Balaban J connectivity index is 2.07. The summed E-state index contributed by atoms with van der Waals surface area (Å²) in [4.78, 5) is 2.42. The molecule has 1 aromatic rings. The van der Waals surface area contributed by atoms with Crippen LogP contribution in [0.2, 0.25) is 10.0 Å². The lowest BCUT2D eigenvalue weighted by Gasteiger charge is -2.35. The summed E-state index contributed by atoms with van der Waals surface area (Å²) in [5.41, 5.74) is 0. The number of rotatable bonds is 7. The molecule has 0 aliphatic carbocycles. The van der Waals surface area contributed by atoms with E-state index in [-0.39, 0.29) is 16.0 Å². The standard InChI is InChI=1S/C16H24Cl2N2O3S/c1-12(2)9-13(20-5-7-23-8-6-20)11-19-24(21,22)14-3-4-15(17)16(18)10-14/h3-4,10,12-13,19H,5-9,11H2,1-2H3. The molecule has 0 radical (unpaired) electrons. The Morgan fingerprint density at radius 3 is 2.46 bits per heavy atom. The van der Waals surface area contributed by atoms with Crippen molar-refractivity contribution in [2.75, 3.05) is 32.8 Å². The van der Waals surface area contributed by atoms with E-state index in [0.29, 0.717) is 30.7 Å². The van der Waals surface area contributed by atoms with E-state index in [1.165, 1.54) is 18.2 Å². The van der Waals surface area contributed by atoms with E-state index in [4.69, 9.17) is 27.9 Å². The fraction of sp³-hybridized carbons (Fsp3) is 0.625. The summed E-state index contributed by atoms with van der Waals surface area (Å²) in [5.74, 6) is 0.479. The number of ether oxygens (including phenoxy) is 1. The van der Waals surface area contributed by atoms with Crippen LogP contribution in [0, 0.1) is 5.92 Å². The summed E-state index contributed by atoms with van der Waals surface area (Å²) in [5, 5.41) is 0.563. The SMILES string of the molecule is CC(C)CC(CNS(=O)(=O)c1ccc(Cl)c(Cl)c1)N1CCOCC1.